The summed E-state index contributed by atoms with van der Waals surface area (Å²) in [5, 5.41) is 11.4. The summed E-state index contributed by atoms with van der Waals surface area (Å²) in [7, 11) is 0. The molecule has 0 bridgehead atoms. The fourth-order valence-corrected chi connectivity index (χ4v) is 1.72. The van der Waals surface area contributed by atoms with E-state index in [1.165, 1.54) is 12.1 Å². The number of benzene rings is 1. The van der Waals surface area contributed by atoms with E-state index in [1.54, 1.807) is 12.1 Å². The first kappa shape index (κ1) is 13.3. The number of carbonyl (C=O) groups excluding carboxylic acids is 1. The van der Waals surface area contributed by atoms with Crippen LogP contribution in [0.5, 0.6) is 5.75 Å². The van der Waals surface area contributed by atoms with Gasteiger partial charge in [0.2, 0.25) is 5.91 Å². The highest BCUT2D eigenvalue weighted by atomic mass is 19.1. The average molecular weight is 267 g/mol. The van der Waals surface area contributed by atoms with Crippen molar-refractivity contribution < 1.29 is 23.8 Å². The standard InChI is InChI=1S/C13H14FNO4/c14-9-3-1-2-4-10(9)19-8-7-15-11(16)13(5-6-13)12(17)18/h1-4H,5-8H2,(H,15,16)(H,17,18). The van der Waals surface area contributed by atoms with Crippen LogP contribution in [0.4, 0.5) is 4.39 Å². The quantitative estimate of drug-likeness (QED) is 0.599. The minimum absolute atomic E-state index is 0.0857. The van der Waals surface area contributed by atoms with Crippen molar-refractivity contribution in [3.8, 4) is 5.75 Å². The Morgan fingerprint density at radius 2 is 2.05 bits per heavy atom. The van der Waals surface area contributed by atoms with Crippen molar-refractivity contribution >= 4 is 11.9 Å². The lowest BCUT2D eigenvalue weighted by Crippen LogP contribution is -2.38. The maximum atomic E-state index is 13.2. The van der Waals surface area contributed by atoms with E-state index in [9.17, 15) is 14.0 Å². The van der Waals surface area contributed by atoms with Gasteiger partial charge < -0.3 is 15.2 Å². The number of carboxylic acid groups (broad SMARTS) is 1. The van der Waals surface area contributed by atoms with Crippen molar-refractivity contribution in [2.24, 2.45) is 5.41 Å². The van der Waals surface area contributed by atoms with Gasteiger partial charge in [-0.3, -0.25) is 9.59 Å². The van der Waals surface area contributed by atoms with Crippen LogP contribution in [0.15, 0.2) is 24.3 Å². The van der Waals surface area contributed by atoms with Crippen LogP contribution in [0.3, 0.4) is 0 Å². The van der Waals surface area contributed by atoms with E-state index in [-0.39, 0.29) is 18.9 Å². The van der Waals surface area contributed by atoms with Gasteiger partial charge in [0.15, 0.2) is 11.6 Å². The predicted octanol–water partition coefficient (Wildman–Crippen LogP) is 1.19. The molecule has 0 saturated heterocycles. The summed E-state index contributed by atoms with van der Waals surface area (Å²) in [6.45, 7) is 0.227. The summed E-state index contributed by atoms with van der Waals surface area (Å²) < 4.78 is 18.3. The second kappa shape index (κ2) is 5.26. The van der Waals surface area contributed by atoms with Crippen LogP contribution >= 0.6 is 0 Å². The van der Waals surface area contributed by atoms with Crippen LogP contribution in [0.2, 0.25) is 0 Å². The number of para-hydroxylation sites is 1. The van der Waals surface area contributed by atoms with Crippen molar-refractivity contribution in [3.05, 3.63) is 30.1 Å². The highest BCUT2D eigenvalue weighted by Gasteiger charge is 2.56. The molecule has 1 aliphatic carbocycles. The molecular weight excluding hydrogens is 253 g/mol. The molecule has 1 aromatic rings. The molecule has 6 heteroatoms. The number of rotatable bonds is 6. The Morgan fingerprint density at radius 1 is 1.37 bits per heavy atom. The van der Waals surface area contributed by atoms with Gasteiger partial charge in [0.25, 0.3) is 0 Å². The topological polar surface area (TPSA) is 75.6 Å². The molecule has 1 aromatic carbocycles. The second-order valence-electron chi connectivity index (χ2n) is 4.42. The highest BCUT2D eigenvalue weighted by molar-refractivity contribution is 6.04. The van der Waals surface area contributed by atoms with Gasteiger partial charge >= 0.3 is 5.97 Å². The van der Waals surface area contributed by atoms with Crippen LogP contribution < -0.4 is 10.1 Å². The first-order valence-electron chi connectivity index (χ1n) is 5.95. The second-order valence-corrected chi connectivity index (χ2v) is 4.42. The van der Waals surface area contributed by atoms with Crippen LogP contribution in [-0.4, -0.2) is 30.1 Å². The molecule has 0 radical (unpaired) electrons. The molecule has 102 valence electrons. The fraction of sp³-hybridized carbons (Fsp3) is 0.385. The van der Waals surface area contributed by atoms with Gasteiger partial charge in [-0.1, -0.05) is 12.1 Å². The van der Waals surface area contributed by atoms with E-state index in [0.29, 0.717) is 12.8 Å². The maximum Gasteiger partial charge on any atom is 0.319 e. The SMILES string of the molecule is O=C(O)C1(C(=O)NCCOc2ccccc2F)CC1. The van der Waals surface area contributed by atoms with Crippen molar-refractivity contribution in [1.82, 2.24) is 5.32 Å². The molecule has 19 heavy (non-hydrogen) atoms. The Kier molecular flexibility index (Phi) is 3.69. The number of ether oxygens (including phenoxy) is 1. The third kappa shape index (κ3) is 2.83. The maximum absolute atomic E-state index is 13.2. The Hall–Kier alpha value is -2.11. The Bertz CT molecular complexity index is 499. The molecule has 0 aliphatic heterocycles. The van der Waals surface area contributed by atoms with Gasteiger partial charge in [-0.2, -0.15) is 0 Å². The first-order valence-corrected chi connectivity index (χ1v) is 5.95. The summed E-state index contributed by atoms with van der Waals surface area (Å²) in [5.74, 6) is -1.97. The lowest BCUT2D eigenvalue weighted by Gasteiger charge is -2.11. The van der Waals surface area contributed by atoms with E-state index in [4.69, 9.17) is 9.84 Å². The van der Waals surface area contributed by atoms with E-state index in [1.807, 2.05) is 0 Å². The Labute approximate surface area is 109 Å². The predicted molar refractivity (Wildman–Crippen MR) is 64.2 cm³/mol. The molecule has 0 spiro atoms. The molecule has 1 aliphatic rings. The zero-order valence-corrected chi connectivity index (χ0v) is 10.2. The van der Waals surface area contributed by atoms with E-state index < -0.39 is 23.1 Å². The first-order chi connectivity index (χ1) is 9.06. The van der Waals surface area contributed by atoms with Crippen LogP contribution in [0.1, 0.15) is 12.8 Å². The average Bonchev–Trinajstić information content (AvgIpc) is 3.17. The summed E-state index contributed by atoms with van der Waals surface area (Å²) in [6, 6.07) is 5.95. The number of amides is 1. The number of hydrogen-bond donors (Lipinski definition) is 2. The molecule has 1 saturated carbocycles. The Morgan fingerprint density at radius 3 is 2.63 bits per heavy atom. The van der Waals surface area contributed by atoms with Gasteiger partial charge in [0.05, 0.1) is 6.54 Å². The van der Waals surface area contributed by atoms with Crippen molar-refractivity contribution in [2.45, 2.75) is 12.8 Å². The summed E-state index contributed by atoms with van der Waals surface area (Å²) in [5.41, 5.74) is -1.25. The molecule has 0 unspecified atom stereocenters. The van der Waals surface area contributed by atoms with E-state index >= 15 is 0 Å². The molecule has 0 aromatic heterocycles. The Balaban J connectivity index is 1.75. The number of carboxylic acids is 1. The minimum Gasteiger partial charge on any atom is -0.489 e. The zero-order valence-electron chi connectivity index (χ0n) is 10.2. The lowest BCUT2D eigenvalue weighted by atomic mass is 10.1. The monoisotopic (exact) mass is 267 g/mol. The molecule has 2 rings (SSSR count). The number of aliphatic carboxylic acids is 1. The smallest absolute Gasteiger partial charge is 0.319 e. The molecule has 0 atom stereocenters. The van der Waals surface area contributed by atoms with Crippen LogP contribution in [0, 0.1) is 11.2 Å². The molecular formula is C13H14FNO4. The molecule has 1 amide bonds. The zero-order chi connectivity index (χ0) is 13.9. The molecule has 2 N–H and O–H groups in total. The normalized spacial score (nSPS) is 15.6. The van der Waals surface area contributed by atoms with Gasteiger partial charge in [-0.05, 0) is 25.0 Å². The van der Waals surface area contributed by atoms with Gasteiger partial charge in [-0.15, -0.1) is 0 Å². The van der Waals surface area contributed by atoms with Gasteiger partial charge in [0.1, 0.15) is 12.0 Å². The van der Waals surface area contributed by atoms with Crippen LogP contribution in [0.25, 0.3) is 0 Å². The van der Waals surface area contributed by atoms with Gasteiger partial charge in [-0.25, -0.2) is 4.39 Å². The van der Waals surface area contributed by atoms with Crippen molar-refractivity contribution in [2.75, 3.05) is 13.2 Å². The summed E-state index contributed by atoms with van der Waals surface area (Å²) >= 11 is 0. The number of hydrogen-bond acceptors (Lipinski definition) is 3. The number of carbonyl (C=O) groups is 2. The van der Waals surface area contributed by atoms with Crippen LogP contribution in [-0.2, 0) is 9.59 Å². The van der Waals surface area contributed by atoms with Crippen molar-refractivity contribution in [1.29, 1.82) is 0 Å². The van der Waals surface area contributed by atoms with E-state index in [2.05, 4.69) is 5.32 Å². The number of halogens is 1. The highest BCUT2D eigenvalue weighted by Crippen LogP contribution is 2.45. The molecule has 5 nitrogen and oxygen atoms in total. The summed E-state index contributed by atoms with van der Waals surface area (Å²) in [4.78, 5) is 22.5. The largest absolute Gasteiger partial charge is 0.489 e. The third-order valence-corrected chi connectivity index (χ3v) is 3.08. The third-order valence-electron chi connectivity index (χ3n) is 3.08. The molecule has 1 fully saturated rings. The lowest BCUT2D eigenvalue weighted by molar-refractivity contribution is -0.149. The van der Waals surface area contributed by atoms with E-state index in [0.717, 1.165) is 0 Å². The molecule has 0 heterocycles. The fourth-order valence-electron chi connectivity index (χ4n) is 1.72. The van der Waals surface area contributed by atoms with Crippen molar-refractivity contribution in [3.63, 3.8) is 0 Å². The summed E-state index contributed by atoms with van der Waals surface area (Å²) in [6.07, 6.45) is 0.727. The minimum atomic E-state index is -1.25. The van der Waals surface area contributed by atoms with Gasteiger partial charge in [0, 0.05) is 0 Å². The number of nitrogens with one attached hydrogen (secondary N) is 1.